The number of carbonyl (C=O) groups excluding carboxylic acids is 1. The molecule has 1 saturated carbocycles. The van der Waals surface area contributed by atoms with Gasteiger partial charge in [0.2, 0.25) is 5.91 Å². The molecule has 1 saturated heterocycles. The van der Waals surface area contributed by atoms with Gasteiger partial charge >= 0.3 is 0 Å². The molecule has 0 bridgehead atoms. The second kappa shape index (κ2) is 5.10. The lowest BCUT2D eigenvalue weighted by molar-refractivity contribution is -0.355. The quantitative estimate of drug-likeness (QED) is 0.698. The first-order chi connectivity index (χ1) is 9.52. The predicted molar refractivity (Wildman–Crippen MR) is 82.8 cm³/mol. The van der Waals surface area contributed by atoms with Crippen LogP contribution in [0.3, 0.4) is 0 Å². The van der Waals surface area contributed by atoms with Gasteiger partial charge in [0.15, 0.2) is 5.79 Å². The Hall–Kier alpha value is -0.870. The van der Waals surface area contributed by atoms with Crippen LogP contribution in [0.4, 0.5) is 0 Å². The van der Waals surface area contributed by atoms with E-state index < -0.39 is 11.2 Å². The van der Waals surface area contributed by atoms with Crippen LogP contribution in [0.5, 0.6) is 0 Å². The lowest BCUT2D eigenvalue weighted by Crippen LogP contribution is -2.62. The minimum atomic E-state index is -0.681. The van der Waals surface area contributed by atoms with Crippen molar-refractivity contribution in [3.05, 3.63) is 12.2 Å². The number of nitrogens with zero attached hydrogens (tertiary/aromatic N) is 1. The summed E-state index contributed by atoms with van der Waals surface area (Å²) in [5, 5.41) is 0. The Balaban J connectivity index is 2.33. The average molecular weight is 295 g/mol. The van der Waals surface area contributed by atoms with Gasteiger partial charge in [0.05, 0.1) is 19.1 Å². The van der Waals surface area contributed by atoms with Crippen LogP contribution in [-0.2, 0) is 14.3 Å². The summed E-state index contributed by atoms with van der Waals surface area (Å²) in [6, 6.07) is 0. The predicted octanol–water partition coefficient (Wildman–Crippen LogP) is 2.84. The summed E-state index contributed by atoms with van der Waals surface area (Å²) in [7, 11) is 3.58. The van der Waals surface area contributed by atoms with Gasteiger partial charge in [-0.15, -0.1) is 0 Å². The molecule has 0 N–H and O–H groups in total. The Morgan fingerprint density at radius 3 is 2.19 bits per heavy atom. The molecule has 1 unspecified atom stereocenters. The number of ether oxygens (including phenoxy) is 2. The van der Waals surface area contributed by atoms with Gasteiger partial charge in [0.1, 0.15) is 0 Å². The third kappa shape index (κ3) is 2.64. The first kappa shape index (κ1) is 16.5. The van der Waals surface area contributed by atoms with E-state index in [4.69, 9.17) is 9.47 Å². The molecule has 0 aromatic rings. The maximum Gasteiger partial charge on any atom is 0.229 e. The highest BCUT2D eigenvalue weighted by atomic mass is 16.7. The van der Waals surface area contributed by atoms with E-state index in [0.29, 0.717) is 13.2 Å². The van der Waals surface area contributed by atoms with Gasteiger partial charge in [-0.3, -0.25) is 4.79 Å². The second-order valence-corrected chi connectivity index (χ2v) is 8.04. The van der Waals surface area contributed by atoms with E-state index in [-0.39, 0.29) is 17.2 Å². The molecule has 2 aliphatic rings. The smallest absolute Gasteiger partial charge is 0.229 e. The Bertz CT molecular complexity index is 441. The van der Waals surface area contributed by atoms with Crippen molar-refractivity contribution in [2.24, 2.45) is 16.7 Å². The number of amides is 1. The minimum absolute atomic E-state index is 0.0246. The van der Waals surface area contributed by atoms with Gasteiger partial charge in [-0.1, -0.05) is 39.8 Å². The zero-order chi connectivity index (χ0) is 16.1. The van der Waals surface area contributed by atoms with E-state index in [1.165, 1.54) is 0 Å². The molecule has 1 amide bonds. The molecule has 0 radical (unpaired) electrons. The molecule has 4 nitrogen and oxygen atoms in total. The third-order valence-corrected chi connectivity index (χ3v) is 4.97. The summed E-state index contributed by atoms with van der Waals surface area (Å²) < 4.78 is 12.4. The van der Waals surface area contributed by atoms with Gasteiger partial charge in [-0.2, -0.15) is 0 Å². The van der Waals surface area contributed by atoms with Crippen molar-refractivity contribution in [2.75, 3.05) is 27.3 Å². The molecule has 0 aromatic carbocycles. The zero-order valence-electron chi connectivity index (χ0n) is 14.3. The van der Waals surface area contributed by atoms with Gasteiger partial charge in [-0.05, 0) is 6.42 Å². The Labute approximate surface area is 128 Å². The van der Waals surface area contributed by atoms with Crippen molar-refractivity contribution in [2.45, 2.75) is 46.3 Å². The van der Waals surface area contributed by atoms with E-state index in [0.717, 1.165) is 18.4 Å². The number of rotatable bonds is 1. The van der Waals surface area contributed by atoms with E-state index in [9.17, 15) is 4.79 Å². The van der Waals surface area contributed by atoms with Crippen LogP contribution in [0.2, 0.25) is 0 Å². The van der Waals surface area contributed by atoms with Crippen molar-refractivity contribution in [1.29, 1.82) is 0 Å². The van der Waals surface area contributed by atoms with Gasteiger partial charge in [-0.25, -0.2) is 0 Å². The highest BCUT2D eigenvalue weighted by Crippen LogP contribution is 2.54. The van der Waals surface area contributed by atoms with E-state index in [1.54, 1.807) is 19.0 Å². The molecule has 120 valence electrons. The number of hydrogen-bond donors (Lipinski definition) is 0. The average Bonchev–Trinajstić information content (AvgIpc) is 2.36. The van der Waals surface area contributed by atoms with Crippen LogP contribution in [0.15, 0.2) is 12.2 Å². The van der Waals surface area contributed by atoms with Crippen LogP contribution in [-0.4, -0.2) is 43.9 Å². The third-order valence-electron chi connectivity index (χ3n) is 4.97. The standard InChI is InChI=1S/C17H29NO3/c1-12-8-9-17(20-10-15(2,3)11-21-17)16(4,5)13(12)14(19)18(6)7/h13H,1,8-11H2,2-7H3. The fourth-order valence-electron chi connectivity index (χ4n) is 3.49. The van der Waals surface area contributed by atoms with Crippen LogP contribution in [0.1, 0.15) is 40.5 Å². The van der Waals surface area contributed by atoms with Crippen LogP contribution >= 0.6 is 0 Å². The number of carbonyl (C=O) groups is 1. The maximum atomic E-state index is 12.6. The molecule has 1 heterocycles. The molecule has 2 fully saturated rings. The second-order valence-electron chi connectivity index (χ2n) is 8.04. The van der Waals surface area contributed by atoms with Crippen molar-refractivity contribution in [3.8, 4) is 0 Å². The zero-order valence-corrected chi connectivity index (χ0v) is 14.3. The fraction of sp³-hybridized carbons (Fsp3) is 0.824. The topological polar surface area (TPSA) is 38.8 Å². The van der Waals surface area contributed by atoms with Crippen molar-refractivity contribution in [1.82, 2.24) is 4.90 Å². The van der Waals surface area contributed by atoms with Crippen molar-refractivity contribution < 1.29 is 14.3 Å². The molecule has 0 aromatic heterocycles. The summed E-state index contributed by atoms with van der Waals surface area (Å²) >= 11 is 0. The van der Waals surface area contributed by atoms with Gasteiger partial charge in [0, 0.05) is 31.3 Å². The van der Waals surface area contributed by atoms with Crippen molar-refractivity contribution >= 4 is 5.91 Å². The summed E-state index contributed by atoms with van der Waals surface area (Å²) in [5.41, 5.74) is 0.582. The Morgan fingerprint density at radius 2 is 1.71 bits per heavy atom. The van der Waals surface area contributed by atoms with Crippen LogP contribution < -0.4 is 0 Å². The summed E-state index contributed by atoms with van der Waals surface area (Å²) in [6.07, 6.45) is 1.54. The SMILES string of the molecule is C=C1CCC2(OCC(C)(C)CO2)C(C)(C)C1C(=O)N(C)C. The minimum Gasteiger partial charge on any atom is -0.349 e. The van der Waals surface area contributed by atoms with Gasteiger partial charge < -0.3 is 14.4 Å². The van der Waals surface area contributed by atoms with E-state index in [2.05, 4.69) is 34.3 Å². The summed E-state index contributed by atoms with van der Waals surface area (Å²) in [4.78, 5) is 14.3. The van der Waals surface area contributed by atoms with Crippen LogP contribution in [0, 0.1) is 16.7 Å². The van der Waals surface area contributed by atoms with E-state index in [1.807, 2.05) is 0 Å². The lowest BCUT2D eigenvalue weighted by Gasteiger charge is -2.57. The molecular formula is C17H29NO3. The Morgan fingerprint density at radius 1 is 1.19 bits per heavy atom. The van der Waals surface area contributed by atoms with Gasteiger partial charge in [0.25, 0.3) is 0 Å². The van der Waals surface area contributed by atoms with Crippen molar-refractivity contribution in [3.63, 3.8) is 0 Å². The van der Waals surface area contributed by atoms with Crippen LogP contribution in [0.25, 0.3) is 0 Å². The highest BCUT2D eigenvalue weighted by Gasteiger charge is 2.59. The monoisotopic (exact) mass is 295 g/mol. The fourth-order valence-corrected chi connectivity index (χ4v) is 3.49. The largest absolute Gasteiger partial charge is 0.349 e. The first-order valence-electron chi connectivity index (χ1n) is 7.69. The molecule has 21 heavy (non-hydrogen) atoms. The number of hydrogen-bond acceptors (Lipinski definition) is 3. The molecule has 1 atom stereocenters. The normalized spacial score (nSPS) is 30.2. The summed E-state index contributed by atoms with van der Waals surface area (Å²) in [6.45, 7) is 13.9. The molecule has 1 aliphatic heterocycles. The molecular weight excluding hydrogens is 266 g/mol. The first-order valence-corrected chi connectivity index (χ1v) is 7.69. The molecule has 2 rings (SSSR count). The Kier molecular flexibility index (Phi) is 4.00. The molecule has 1 aliphatic carbocycles. The molecule has 4 heteroatoms. The highest BCUT2D eigenvalue weighted by molar-refractivity contribution is 5.82. The summed E-state index contributed by atoms with van der Waals surface area (Å²) in [5.74, 6) is -0.858. The lowest BCUT2D eigenvalue weighted by atomic mass is 9.61. The molecule has 1 spiro atoms. The maximum absolute atomic E-state index is 12.6. The van der Waals surface area contributed by atoms with E-state index >= 15 is 0 Å².